The maximum absolute atomic E-state index is 12.5. The number of benzene rings is 1. The summed E-state index contributed by atoms with van der Waals surface area (Å²) in [6.07, 6.45) is 0.399. The first kappa shape index (κ1) is 14.5. The van der Waals surface area contributed by atoms with Crippen LogP contribution < -0.4 is 0 Å². The molecule has 1 aliphatic rings. The van der Waals surface area contributed by atoms with Crippen LogP contribution in [-0.2, 0) is 14.3 Å². The SMILES string of the molecule is COC(C(=O)N1CCC(C(=O)O)CC1)c1ccccc1. The fraction of sp³-hybridized carbons (Fsp3) is 0.467. The summed E-state index contributed by atoms with van der Waals surface area (Å²) in [6, 6.07) is 9.34. The van der Waals surface area contributed by atoms with Gasteiger partial charge < -0.3 is 14.7 Å². The van der Waals surface area contributed by atoms with Crippen LogP contribution in [0.3, 0.4) is 0 Å². The van der Waals surface area contributed by atoms with Crippen molar-refractivity contribution in [1.29, 1.82) is 0 Å². The molecular weight excluding hydrogens is 258 g/mol. The standard InChI is InChI=1S/C15H19NO4/c1-20-13(11-5-3-2-4-6-11)14(17)16-9-7-12(8-10-16)15(18)19/h2-6,12-13H,7-10H2,1H3,(H,18,19). The Bertz CT molecular complexity index is 466. The number of hydrogen-bond acceptors (Lipinski definition) is 3. The zero-order chi connectivity index (χ0) is 14.5. The summed E-state index contributed by atoms with van der Waals surface area (Å²) >= 11 is 0. The lowest BCUT2D eigenvalue weighted by atomic mass is 9.96. The van der Waals surface area contributed by atoms with Gasteiger partial charge in [-0.2, -0.15) is 0 Å². The first-order chi connectivity index (χ1) is 9.63. The van der Waals surface area contributed by atoms with Gasteiger partial charge in [-0.05, 0) is 18.4 Å². The summed E-state index contributed by atoms with van der Waals surface area (Å²) < 4.78 is 5.32. The van der Waals surface area contributed by atoms with Gasteiger partial charge in [0.2, 0.25) is 0 Å². The first-order valence-electron chi connectivity index (χ1n) is 6.73. The predicted molar refractivity (Wildman–Crippen MR) is 73.1 cm³/mol. The third kappa shape index (κ3) is 3.17. The van der Waals surface area contributed by atoms with E-state index >= 15 is 0 Å². The van der Waals surface area contributed by atoms with E-state index in [0.717, 1.165) is 5.56 Å². The summed E-state index contributed by atoms with van der Waals surface area (Å²) in [6.45, 7) is 0.949. The van der Waals surface area contributed by atoms with E-state index in [1.165, 1.54) is 7.11 Å². The smallest absolute Gasteiger partial charge is 0.306 e. The lowest BCUT2D eigenvalue weighted by Crippen LogP contribution is -2.42. The number of carbonyl (C=O) groups is 2. The Morgan fingerprint density at radius 3 is 2.35 bits per heavy atom. The average Bonchev–Trinajstić information content (AvgIpc) is 2.49. The highest BCUT2D eigenvalue weighted by molar-refractivity contribution is 5.82. The van der Waals surface area contributed by atoms with Crippen molar-refractivity contribution in [3.05, 3.63) is 35.9 Å². The fourth-order valence-electron chi connectivity index (χ4n) is 2.52. The molecule has 1 atom stereocenters. The number of methoxy groups -OCH3 is 1. The molecule has 1 aromatic rings. The number of nitrogens with zero attached hydrogens (tertiary/aromatic N) is 1. The largest absolute Gasteiger partial charge is 0.481 e. The lowest BCUT2D eigenvalue weighted by Gasteiger charge is -2.32. The number of likely N-dealkylation sites (tertiary alicyclic amines) is 1. The zero-order valence-corrected chi connectivity index (χ0v) is 11.5. The molecule has 1 unspecified atom stereocenters. The van der Waals surface area contributed by atoms with Gasteiger partial charge in [0, 0.05) is 20.2 Å². The zero-order valence-electron chi connectivity index (χ0n) is 11.5. The highest BCUT2D eigenvalue weighted by Gasteiger charge is 2.31. The van der Waals surface area contributed by atoms with E-state index < -0.39 is 12.1 Å². The van der Waals surface area contributed by atoms with Gasteiger partial charge in [0.05, 0.1) is 5.92 Å². The Balaban J connectivity index is 2.02. The van der Waals surface area contributed by atoms with Gasteiger partial charge in [0.25, 0.3) is 5.91 Å². The van der Waals surface area contributed by atoms with Crippen LogP contribution in [0, 0.1) is 5.92 Å². The second-order valence-corrected chi connectivity index (χ2v) is 4.96. The molecule has 1 amide bonds. The maximum Gasteiger partial charge on any atom is 0.306 e. The molecule has 20 heavy (non-hydrogen) atoms. The fourth-order valence-corrected chi connectivity index (χ4v) is 2.52. The molecule has 0 bridgehead atoms. The number of carboxylic acid groups (broad SMARTS) is 1. The molecule has 0 spiro atoms. The van der Waals surface area contributed by atoms with E-state index in [2.05, 4.69) is 0 Å². The summed E-state index contributed by atoms with van der Waals surface area (Å²) in [5.41, 5.74) is 0.820. The van der Waals surface area contributed by atoms with E-state index in [9.17, 15) is 9.59 Å². The van der Waals surface area contributed by atoms with Gasteiger partial charge >= 0.3 is 5.97 Å². The molecule has 1 aliphatic heterocycles. The number of carboxylic acids is 1. The van der Waals surface area contributed by atoms with Crippen molar-refractivity contribution in [3.63, 3.8) is 0 Å². The Hall–Kier alpha value is -1.88. The molecule has 0 aliphatic carbocycles. The first-order valence-corrected chi connectivity index (χ1v) is 6.73. The van der Waals surface area contributed by atoms with E-state index in [0.29, 0.717) is 25.9 Å². The molecule has 108 valence electrons. The van der Waals surface area contributed by atoms with Crippen molar-refractivity contribution >= 4 is 11.9 Å². The van der Waals surface area contributed by atoms with Crippen LogP contribution in [-0.4, -0.2) is 42.1 Å². The Morgan fingerprint density at radius 1 is 1.25 bits per heavy atom. The molecule has 5 heteroatoms. The maximum atomic E-state index is 12.5. The summed E-state index contributed by atoms with van der Waals surface area (Å²) in [7, 11) is 1.51. The Kier molecular flexibility index (Phi) is 4.74. The number of rotatable bonds is 4. The molecule has 1 aromatic carbocycles. The van der Waals surface area contributed by atoms with Gasteiger partial charge in [-0.3, -0.25) is 9.59 Å². The van der Waals surface area contributed by atoms with Crippen LogP contribution in [0.15, 0.2) is 30.3 Å². The van der Waals surface area contributed by atoms with Gasteiger partial charge in [-0.1, -0.05) is 30.3 Å². The third-order valence-corrected chi connectivity index (χ3v) is 3.72. The van der Waals surface area contributed by atoms with Crippen molar-refractivity contribution in [3.8, 4) is 0 Å². The van der Waals surface area contributed by atoms with E-state index in [1.807, 2.05) is 30.3 Å². The van der Waals surface area contributed by atoms with Crippen LogP contribution in [0.25, 0.3) is 0 Å². The quantitative estimate of drug-likeness (QED) is 0.909. The highest BCUT2D eigenvalue weighted by atomic mass is 16.5. The Labute approximate surface area is 118 Å². The molecular formula is C15H19NO4. The predicted octanol–water partition coefficient (Wildman–Crippen LogP) is 1.70. The number of hydrogen-bond donors (Lipinski definition) is 1. The second kappa shape index (κ2) is 6.52. The van der Waals surface area contributed by atoms with Crippen LogP contribution in [0.4, 0.5) is 0 Å². The molecule has 1 fully saturated rings. The monoisotopic (exact) mass is 277 g/mol. The molecule has 1 N–H and O–H groups in total. The van der Waals surface area contributed by atoms with Crippen LogP contribution in [0.5, 0.6) is 0 Å². The molecule has 0 aromatic heterocycles. The van der Waals surface area contributed by atoms with Gasteiger partial charge in [-0.15, -0.1) is 0 Å². The van der Waals surface area contributed by atoms with Crippen molar-refractivity contribution in [1.82, 2.24) is 4.90 Å². The van der Waals surface area contributed by atoms with Crippen LogP contribution >= 0.6 is 0 Å². The number of piperidine rings is 1. The van der Waals surface area contributed by atoms with Crippen molar-refractivity contribution < 1.29 is 19.4 Å². The molecule has 0 radical (unpaired) electrons. The van der Waals surface area contributed by atoms with Crippen LogP contribution in [0.1, 0.15) is 24.5 Å². The molecule has 1 heterocycles. The molecule has 5 nitrogen and oxygen atoms in total. The number of carbonyl (C=O) groups excluding carboxylic acids is 1. The lowest BCUT2D eigenvalue weighted by molar-refractivity contribution is -0.149. The van der Waals surface area contributed by atoms with E-state index in [-0.39, 0.29) is 11.8 Å². The minimum atomic E-state index is -0.775. The highest BCUT2D eigenvalue weighted by Crippen LogP contribution is 2.23. The van der Waals surface area contributed by atoms with Gasteiger partial charge in [0.15, 0.2) is 6.10 Å². The number of amides is 1. The topological polar surface area (TPSA) is 66.8 Å². The Morgan fingerprint density at radius 2 is 1.85 bits per heavy atom. The van der Waals surface area contributed by atoms with Gasteiger partial charge in [0.1, 0.15) is 0 Å². The van der Waals surface area contributed by atoms with Crippen molar-refractivity contribution in [2.75, 3.05) is 20.2 Å². The van der Waals surface area contributed by atoms with E-state index in [4.69, 9.17) is 9.84 Å². The second-order valence-electron chi connectivity index (χ2n) is 4.96. The van der Waals surface area contributed by atoms with Crippen LogP contribution in [0.2, 0.25) is 0 Å². The summed E-state index contributed by atoms with van der Waals surface area (Å²) in [5, 5.41) is 8.97. The normalized spacial score (nSPS) is 17.8. The average molecular weight is 277 g/mol. The molecule has 1 saturated heterocycles. The number of ether oxygens (including phenoxy) is 1. The van der Waals surface area contributed by atoms with Crippen molar-refractivity contribution in [2.24, 2.45) is 5.92 Å². The molecule has 0 saturated carbocycles. The summed E-state index contributed by atoms with van der Waals surface area (Å²) in [5.74, 6) is -1.21. The minimum Gasteiger partial charge on any atom is -0.481 e. The summed E-state index contributed by atoms with van der Waals surface area (Å²) in [4.78, 5) is 25.1. The molecule has 2 rings (SSSR count). The minimum absolute atomic E-state index is 0.0949. The van der Waals surface area contributed by atoms with E-state index in [1.54, 1.807) is 4.90 Å². The number of aliphatic carboxylic acids is 1. The van der Waals surface area contributed by atoms with Crippen molar-refractivity contribution in [2.45, 2.75) is 18.9 Å². The third-order valence-electron chi connectivity index (χ3n) is 3.72. The van der Waals surface area contributed by atoms with Gasteiger partial charge in [-0.25, -0.2) is 0 Å².